The molecule has 0 unspecified atom stereocenters. The average Bonchev–Trinajstić information content (AvgIpc) is 3.20. The van der Waals surface area contributed by atoms with Crippen LogP contribution in [-0.4, -0.2) is 52.6 Å². The van der Waals surface area contributed by atoms with Crippen molar-refractivity contribution in [3.05, 3.63) is 63.7 Å². The number of anilines is 1. The van der Waals surface area contributed by atoms with Crippen LogP contribution in [0.15, 0.2) is 48.7 Å². The Morgan fingerprint density at radius 3 is 2.38 bits per heavy atom. The Hall–Kier alpha value is -1.79. The minimum atomic E-state index is 0.607. The van der Waals surface area contributed by atoms with Crippen molar-refractivity contribution in [2.75, 3.05) is 37.6 Å². The highest BCUT2D eigenvalue weighted by atomic mass is 35.5. The highest BCUT2D eigenvalue weighted by Gasteiger charge is 2.19. The first-order chi connectivity index (χ1) is 14.1. The summed E-state index contributed by atoms with van der Waals surface area (Å²) in [5, 5.41) is 10.4. The molecule has 0 bridgehead atoms. The molecular weight excluding hydrogens is 429 g/mol. The van der Waals surface area contributed by atoms with Gasteiger partial charge in [0, 0.05) is 44.8 Å². The lowest BCUT2D eigenvalue weighted by Gasteiger charge is -2.36. The third kappa shape index (κ3) is 4.86. The molecule has 1 fully saturated rings. The average molecular weight is 451 g/mol. The molecule has 1 saturated heterocycles. The van der Waals surface area contributed by atoms with Gasteiger partial charge in [0.2, 0.25) is 0 Å². The molecule has 29 heavy (non-hydrogen) atoms. The number of hydrogen-bond donors (Lipinski definition) is 0. The van der Waals surface area contributed by atoms with E-state index in [9.17, 15) is 0 Å². The zero-order chi connectivity index (χ0) is 20.2. The van der Waals surface area contributed by atoms with E-state index in [0.717, 1.165) is 62.6 Å². The molecule has 0 spiro atoms. The van der Waals surface area contributed by atoms with Crippen LogP contribution in [0, 0.1) is 0 Å². The summed E-state index contributed by atoms with van der Waals surface area (Å²) in [4.78, 5) is 4.78. The Labute approximate surface area is 185 Å². The molecule has 2 heterocycles. The van der Waals surface area contributed by atoms with E-state index >= 15 is 0 Å². The standard InChI is InChI=1S/C21H22Cl3N5/c22-17-6-2-1-5-16(17)19-15-29(26-25-19)10-4-9-27-11-13-28(14-12-27)20-8-3-7-18(23)21(20)24/h1-3,5-8,15H,4,9-14H2. The summed E-state index contributed by atoms with van der Waals surface area (Å²) in [6, 6.07) is 13.5. The molecule has 1 aliphatic rings. The van der Waals surface area contributed by atoms with Crippen molar-refractivity contribution in [3.63, 3.8) is 0 Å². The molecule has 0 aliphatic carbocycles. The fourth-order valence-corrected chi connectivity index (χ4v) is 4.25. The molecule has 3 aromatic rings. The van der Waals surface area contributed by atoms with E-state index in [1.807, 2.05) is 53.3 Å². The van der Waals surface area contributed by atoms with Gasteiger partial charge in [-0.15, -0.1) is 5.10 Å². The van der Waals surface area contributed by atoms with Crippen LogP contribution in [0.4, 0.5) is 5.69 Å². The maximum atomic E-state index is 6.36. The van der Waals surface area contributed by atoms with Gasteiger partial charge >= 0.3 is 0 Å². The quantitative estimate of drug-likeness (QED) is 0.522. The SMILES string of the molecule is Clc1ccccc1-c1cn(CCCN2CCN(c3cccc(Cl)c3Cl)CC2)nn1. The lowest BCUT2D eigenvalue weighted by Crippen LogP contribution is -2.46. The summed E-state index contributed by atoms with van der Waals surface area (Å²) < 4.78 is 1.89. The third-order valence-electron chi connectivity index (χ3n) is 5.19. The predicted molar refractivity (Wildman–Crippen MR) is 120 cm³/mol. The van der Waals surface area contributed by atoms with Gasteiger partial charge in [-0.3, -0.25) is 9.58 Å². The predicted octanol–water partition coefficient (Wildman–Crippen LogP) is 5.12. The van der Waals surface area contributed by atoms with Crippen molar-refractivity contribution in [3.8, 4) is 11.3 Å². The molecule has 0 atom stereocenters. The van der Waals surface area contributed by atoms with Gasteiger partial charge in [0.05, 0.1) is 27.0 Å². The zero-order valence-electron chi connectivity index (χ0n) is 15.9. The van der Waals surface area contributed by atoms with Gasteiger partial charge in [-0.1, -0.05) is 64.3 Å². The van der Waals surface area contributed by atoms with Crippen molar-refractivity contribution < 1.29 is 0 Å². The van der Waals surface area contributed by atoms with Crippen molar-refractivity contribution in [2.45, 2.75) is 13.0 Å². The number of halogens is 3. The van der Waals surface area contributed by atoms with Crippen LogP contribution < -0.4 is 4.90 Å². The van der Waals surface area contributed by atoms with Crippen LogP contribution in [-0.2, 0) is 6.54 Å². The minimum Gasteiger partial charge on any atom is -0.368 e. The lowest BCUT2D eigenvalue weighted by atomic mass is 10.2. The second-order valence-electron chi connectivity index (χ2n) is 7.10. The minimum absolute atomic E-state index is 0.607. The Morgan fingerprint density at radius 1 is 0.828 bits per heavy atom. The fourth-order valence-electron chi connectivity index (χ4n) is 3.61. The molecular formula is C21H22Cl3N5. The number of rotatable bonds is 6. The Kier molecular flexibility index (Phi) is 6.60. The second-order valence-corrected chi connectivity index (χ2v) is 8.29. The number of aryl methyl sites for hydroxylation is 1. The zero-order valence-corrected chi connectivity index (χ0v) is 18.2. The van der Waals surface area contributed by atoms with Gasteiger partial charge in [-0.25, -0.2) is 0 Å². The second kappa shape index (κ2) is 9.35. The molecule has 0 saturated carbocycles. The van der Waals surface area contributed by atoms with Crippen LogP contribution in [0.5, 0.6) is 0 Å². The van der Waals surface area contributed by atoms with E-state index in [4.69, 9.17) is 34.8 Å². The molecule has 0 radical (unpaired) electrons. The van der Waals surface area contributed by atoms with E-state index in [-0.39, 0.29) is 0 Å². The third-order valence-corrected chi connectivity index (χ3v) is 6.33. The van der Waals surface area contributed by atoms with Crippen molar-refractivity contribution in [2.24, 2.45) is 0 Å². The van der Waals surface area contributed by atoms with Crippen molar-refractivity contribution in [1.82, 2.24) is 19.9 Å². The first-order valence-electron chi connectivity index (χ1n) is 9.68. The highest BCUT2D eigenvalue weighted by Crippen LogP contribution is 2.32. The molecule has 2 aromatic carbocycles. The van der Waals surface area contributed by atoms with E-state index in [2.05, 4.69) is 20.1 Å². The Morgan fingerprint density at radius 2 is 1.59 bits per heavy atom. The molecule has 1 aromatic heterocycles. The van der Waals surface area contributed by atoms with Crippen LogP contribution >= 0.6 is 34.8 Å². The molecule has 1 aliphatic heterocycles. The van der Waals surface area contributed by atoms with Gasteiger partial charge in [-0.05, 0) is 24.6 Å². The fraction of sp³-hybridized carbons (Fsp3) is 0.333. The lowest BCUT2D eigenvalue weighted by molar-refractivity contribution is 0.249. The van der Waals surface area contributed by atoms with Crippen LogP contribution in [0.1, 0.15) is 6.42 Å². The van der Waals surface area contributed by atoms with Gasteiger partial charge in [0.15, 0.2) is 0 Å². The van der Waals surface area contributed by atoms with E-state index in [0.29, 0.717) is 15.1 Å². The van der Waals surface area contributed by atoms with Crippen molar-refractivity contribution >= 4 is 40.5 Å². The van der Waals surface area contributed by atoms with Crippen LogP contribution in [0.3, 0.4) is 0 Å². The summed E-state index contributed by atoms with van der Waals surface area (Å²) in [6.45, 7) is 5.76. The number of benzene rings is 2. The molecule has 0 N–H and O–H groups in total. The van der Waals surface area contributed by atoms with Gasteiger partial charge < -0.3 is 4.90 Å². The molecule has 8 heteroatoms. The topological polar surface area (TPSA) is 37.2 Å². The number of piperazine rings is 1. The summed E-state index contributed by atoms with van der Waals surface area (Å²) in [7, 11) is 0. The smallest absolute Gasteiger partial charge is 0.114 e. The van der Waals surface area contributed by atoms with Crippen LogP contribution in [0.2, 0.25) is 15.1 Å². The van der Waals surface area contributed by atoms with Gasteiger partial charge in [-0.2, -0.15) is 0 Å². The molecule has 0 amide bonds. The van der Waals surface area contributed by atoms with E-state index in [1.165, 1.54) is 0 Å². The largest absolute Gasteiger partial charge is 0.368 e. The highest BCUT2D eigenvalue weighted by molar-refractivity contribution is 6.43. The first-order valence-corrected chi connectivity index (χ1v) is 10.8. The summed E-state index contributed by atoms with van der Waals surface area (Å²) in [5.74, 6) is 0. The maximum Gasteiger partial charge on any atom is 0.114 e. The summed E-state index contributed by atoms with van der Waals surface area (Å²) >= 11 is 18.8. The van der Waals surface area contributed by atoms with Gasteiger partial charge in [0.1, 0.15) is 5.69 Å². The number of hydrogen-bond acceptors (Lipinski definition) is 4. The normalized spacial score (nSPS) is 15.1. The van der Waals surface area contributed by atoms with Crippen molar-refractivity contribution in [1.29, 1.82) is 0 Å². The monoisotopic (exact) mass is 449 g/mol. The summed E-state index contributed by atoms with van der Waals surface area (Å²) in [6.07, 6.45) is 2.98. The van der Waals surface area contributed by atoms with Gasteiger partial charge in [0.25, 0.3) is 0 Å². The summed E-state index contributed by atoms with van der Waals surface area (Å²) in [5.41, 5.74) is 2.74. The first kappa shape index (κ1) is 20.5. The number of nitrogens with zero attached hydrogens (tertiary/aromatic N) is 5. The molecule has 152 valence electrons. The molecule has 5 nitrogen and oxygen atoms in total. The number of aromatic nitrogens is 3. The Bertz CT molecular complexity index is 966. The molecule has 4 rings (SSSR count). The van der Waals surface area contributed by atoms with E-state index < -0.39 is 0 Å². The maximum absolute atomic E-state index is 6.36. The van der Waals surface area contributed by atoms with E-state index in [1.54, 1.807) is 0 Å². The Balaban J connectivity index is 1.25. The van der Waals surface area contributed by atoms with Crippen LogP contribution in [0.25, 0.3) is 11.3 Å².